The first-order valence-electron chi connectivity index (χ1n) is 6.86. The summed E-state index contributed by atoms with van der Waals surface area (Å²) >= 11 is 0. The highest BCUT2D eigenvalue weighted by Crippen LogP contribution is 2.16. The van der Waals surface area contributed by atoms with Crippen molar-refractivity contribution in [3.05, 3.63) is 59.7 Å². The summed E-state index contributed by atoms with van der Waals surface area (Å²) in [6, 6.07) is 12.7. The van der Waals surface area contributed by atoms with Gasteiger partial charge >= 0.3 is 0 Å². The van der Waals surface area contributed by atoms with Gasteiger partial charge in [-0.15, -0.1) is 0 Å². The van der Waals surface area contributed by atoms with Gasteiger partial charge < -0.3 is 5.32 Å². The average molecular weight is 255 g/mol. The summed E-state index contributed by atoms with van der Waals surface area (Å²) in [6.07, 6.45) is 3.78. The highest BCUT2D eigenvalue weighted by molar-refractivity contribution is 5.20. The minimum atomic E-state index is 0.281. The summed E-state index contributed by atoms with van der Waals surface area (Å²) in [6.45, 7) is 5.19. The van der Waals surface area contributed by atoms with Crippen LogP contribution in [0.5, 0.6) is 0 Å². The molecular formula is C16H21N3. The average Bonchev–Trinajstić information content (AvgIpc) is 2.44. The van der Waals surface area contributed by atoms with Crippen LogP contribution in [0.3, 0.4) is 0 Å². The minimum Gasteiger partial charge on any atom is -0.310 e. The first-order valence-corrected chi connectivity index (χ1v) is 6.86. The maximum absolute atomic E-state index is 4.50. The summed E-state index contributed by atoms with van der Waals surface area (Å²) in [5.41, 5.74) is 2.31. The molecule has 19 heavy (non-hydrogen) atoms. The molecule has 2 aromatic rings. The van der Waals surface area contributed by atoms with Gasteiger partial charge in [-0.3, -0.25) is 0 Å². The van der Waals surface area contributed by atoms with Crippen molar-refractivity contribution in [3.63, 3.8) is 0 Å². The summed E-state index contributed by atoms with van der Waals surface area (Å²) in [5.74, 6) is 0.900. The van der Waals surface area contributed by atoms with E-state index in [0.717, 1.165) is 30.9 Å². The number of aryl methyl sites for hydroxylation is 1. The third-order valence-electron chi connectivity index (χ3n) is 3.07. The molecule has 0 radical (unpaired) electrons. The molecule has 0 bridgehead atoms. The number of hydrogen-bond acceptors (Lipinski definition) is 3. The van der Waals surface area contributed by atoms with Gasteiger partial charge in [-0.25, -0.2) is 9.97 Å². The Bertz CT molecular complexity index is 496. The first kappa shape index (κ1) is 13.7. The predicted octanol–water partition coefficient (Wildman–Crippen LogP) is 3.07. The van der Waals surface area contributed by atoms with Crippen LogP contribution < -0.4 is 5.32 Å². The second kappa shape index (κ2) is 7.00. The van der Waals surface area contributed by atoms with Crippen LogP contribution in [-0.2, 0) is 6.42 Å². The lowest BCUT2D eigenvalue weighted by Gasteiger charge is -2.18. The SMILES string of the molecule is CCCNC(Cc1nccc(C)n1)c1ccccc1. The molecule has 1 N–H and O–H groups in total. The molecule has 0 aliphatic heterocycles. The van der Waals surface area contributed by atoms with Crippen molar-refractivity contribution in [2.24, 2.45) is 0 Å². The van der Waals surface area contributed by atoms with E-state index in [4.69, 9.17) is 0 Å². The van der Waals surface area contributed by atoms with E-state index in [1.54, 1.807) is 0 Å². The van der Waals surface area contributed by atoms with Crippen LogP contribution in [0.25, 0.3) is 0 Å². The normalized spacial score (nSPS) is 12.3. The monoisotopic (exact) mass is 255 g/mol. The van der Waals surface area contributed by atoms with E-state index in [-0.39, 0.29) is 6.04 Å². The lowest BCUT2D eigenvalue weighted by molar-refractivity contribution is 0.518. The van der Waals surface area contributed by atoms with Gasteiger partial charge in [-0.1, -0.05) is 37.3 Å². The fourth-order valence-corrected chi connectivity index (χ4v) is 2.09. The van der Waals surface area contributed by atoms with E-state index >= 15 is 0 Å². The molecular weight excluding hydrogens is 234 g/mol. The zero-order chi connectivity index (χ0) is 13.5. The van der Waals surface area contributed by atoms with Crippen LogP contribution in [-0.4, -0.2) is 16.5 Å². The van der Waals surface area contributed by atoms with Gasteiger partial charge in [0.25, 0.3) is 0 Å². The Kier molecular flexibility index (Phi) is 5.04. The molecule has 1 atom stereocenters. The Morgan fingerprint density at radius 2 is 1.95 bits per heavy atom. The fourth-order valence-electron chi connectivity index (χ4n) is 2.09. The van der Waals surface area contributed by atoms with Crippen molar-refractivity contribution in [1.82, 2.24) is 15.3 Å². The van der Waals surface area contributed by atoms with E-state index < -0.39 is 0 Å². The summed E-state index contributed by atoms with van der Waals surface area (Å²) < 4.78 is 0. The molecule has 1 unspecified atom stereocenters. The highest BCUT2D eigenvalue weighted by atomic mass is 14.9. The molecule has 3 heteroatoms. The summed E-state index contributed by atoms with van der Waals surface area (Å²) in [5, 5.41) is 3.57. The molecule has 1 aromatic carbocycles. The molecule has 0 saturated heterocycles. The van der Waals surface area contributed by atoms with Crippen LogP contribution in [0.2, 0.25) is 0 Å². The van der Waals surface area contributed by atoms with E-state index in [1.807, 2.05) is 25.3 Å². The molecule has 3 nitrogen and oxygen atoms in total. The van der Waals surface area contributed by atoms with Crippen LogP contribution >= 0.6 is 0 Å². The van der Waals surface area contributed by atoms with Crippen molar-refractivity contribution in [2.75, 3.05) is 6.54 Å². The maximum Gasteiger partial charge on any atom is 0.130 e. The van der Waals surface area contributed by atoms with Crippen LogP contribution in [0.15, 0.2) is 42.6 Å². The molecule has 0 fully saturated rings. The minimum absolute atomic E-state index is 0.281. The number of aromatic nitrogens is 2. The Labute approximate surface area is 115 Å². The molecule has 0 amide bonds. The molecule has 100 valence electrons. The van der Waals surface area contributed by atoms with E-state index in [9.17, 15) is 0 Å². The van der Waals surface area contributed by atoms with Gasteiger partial charge in [0.1, 0.15) is 5.82 Å². The highest BCUT2D eigenvalue weighted by Gasteiger charge is 2.12. The Balaban J connectivity index is 2.14. The van der Waals surface area contributed by atoms with Crippen LogP contribution in [0, 0.1) is 6.92 Å². The molecule has 0 aliphatic rings. The quantitative estimate of drug-likeness (QED) is 0.862. The third kappa shape index (κ3) is 4.14. The lowest BCUT2D eigenvalue weighted by atomic mass is 10.0. The van der Waals surface area contributed by atoms with Crippen LogP contribution in [0.4, 0.5) is 0 Å². The third-order valence-corrected chi connectivity index (χ3v) is 3.07. The molecule has 0 aliphatic carbocycles. The van der Waals surface area contributed by atoms with E-state index in [1.165, 1.54) is 5.56 Å². The second-order valence-electron chi connectivity index (χ2n) is 4.74. The molecule has 2 rings (SSSR count). The van der Waals surface area contributed by atoms with Crippen molar-refractivity contribution in [2.45, 2.75) is 32.7 Å². The number of benzene rings is 1. The van der Waals surface area contributed by atoms with E-state index in [0.29, 0.717) is 0 Å². The molecule has 1 heterocycles. The van der Waals surface area contributed by atoms with Crippen molar-refractivity contribution >= 4 is 0 Å². The van der Waals surface area contributed by atoms with Gasteiger partial charge in [0.15, 0.2) is 0 Å². The predicted molar refractivity (Wildman–Crippen MR) is 77.9 cm³/mol. The van der Waals surface area contributed by atoms with E-state index in [2.05, 4.69) is 46.5 Å². The van der Waals surface area contributed by atoms with Gasteiger partial charge in [-0.05, 0) is 31.5 Å². The number of nitrogens with one attached hydrogen (secondary N) is 1. The standard InChI is InChI=1S/C16H21N3/c1-3-10-17-15(14-7-5-4-6-8-14)12-16-18-11-9-13(2)19-16/h4-9,11,15,17H,3,10,12H2,1-2H3. The second-order valence-corrected chi connectivity index (χ2v) is 4.74. The number of hydrogen-bond donors (Lipinski definition) is 1. The van der Waals surface area contributed by atoms with Crippen molar-refractivity contribution < 1.29 is 0 Å². The molecule has 0 spiro atoms. The largest absolute Gasteiger partial charge is 0.310 e. The van der Waals surface area contributed by atoms with Gasteiger partial charge in [0, 0.05) is 24.4 Å². The summed E-state index contributed by atoms with van der Waals surface area (Å²) in [7, 11) is 0. The Morgan fingerprint density at radius 1 is 1.16 bits per heavy atom. The first-order chi connectivity index (χ1) is 9.29. The lowest BCUT2D eigenvalue weighted by Crippen LogP contribution is -2.24. The topological polar surface area (TPSA) is 37.8 Å². The van der Waals surface area contributed by atoms with Gasteiger partial charge in [-0.2, -0.15) is 0 Å². The Morgan fingerprint density at radius 3 is 2.63 bits per heavy atom. The molecule has 0 saturated carbocycles. The van der Waals surface area contributed by atoms with Crippen LogP contribution in [0.1, 0.15) is 36.5 Å². The summed E-state index contributed by atoms with van der Waals surface area (Å²) in [4.78, 5) is 8.86. The number of rotatable bonds is 6. The van der Waals surface area contributed by atoms with Gasteiger partial charge in [0.05, 0.1) is 0 Å². The number of nitrogens with zero attached hydrogens (tertiary/aromatic N) is 2. The maximum atomic E-state index is 4.50. The molecule has 1 aromatic heterocycles. The van der Waals surface area contributed by atoms with Gasteiger partial charge in [0.2, 0.25) is 0 Å². The zero-order valence-corrected chi connectivity index (χ0v) is 11.6. The fraction of sp³-hybridized carbons (Fsp3) is 0.375. The smallest absolute Gasteiger partial charge is 0.130 e. The van der Waals surface area contributed by atoms with Crippen molar-refractivity contribution in [3.8, 4) is 0 Å². The Hall–Kier alpha value is -1.74. The van der Waals surface area contributed by atoms with Crippen molar-refractivity contribution in [1.29, 1.82) is 0 Å². The zero-order valence-electron chi connectivity index (χ0n) is 11.6.